The van der Waals surface area contributed by atoms with Crippen LogP contribution >= 0.6 is 0 Å². The fourth-order valence-electron chi connectivity index (χ4n) is 0.932. The molecule has 1 aromatic heterocycles. The van der Waals surface area contributed by atoms with Crippen molar-refractivity contribution in [3.63, 3.8) is 0 Å². The average Bonchev–Trinajstić information content (AvgIpc) is 2.03. The van der Waals surface area contributed by atoms with Gasteiger partial charge in [0, 0.05) is 11.8 Å². The van der Waals surface area contributed by atoms with Gasteiger partial charge in [0.05, 0.1) is 18.7 Å². The van der Waals surface area contributed by atoms with Gasteiger partial charge in [-0.1, -0.05) is 0 Å². The van der Waals surface area contributed by atoms with E-state index in [1.165, 1.54) is 12.3 Å². The predicted octanol–water partition coefficient (Wildman–Crippen LogP) is 0.729. The van der Waals surface area contributed by atoms with Crippen molar-refractivity contribution in [3.05, 3.63) is 29.8 Å². The van der Waals surface area contributed by atoms with E-state index in [1.807, 2.05) is 0 Å². The molecule has 0 radical (unpaired) electrons. The number of rotatable bonds is 3. The summed E-state index contributed by atoms with van der Waals surface area (Å²) in [6, 6.07) is 1.25. The second kappa shape index (κ2) is 3.95. The summed E-state index contributed by atoms with van der Waals surface area (Å²) in [6.45, 7) is 0. The van der Waals surface area contributed by atoms with Gasteiger partial charge in [-0.2, -0.15) is 0 Å². The smallest absolute Gasteiger partial charge is 0.306 e. The van der Waals surface area contributed by atoms with Gasteiger partial charge in [-0.15, -0.1) is 0 Å². The molecule has 0 bridgehead atoms. The topological polar surface area (TPSA) is 70.4 Å². The van der Waals surface area contributed by atoms with E-state index >= 15 is 0 Å². The van der Waals surface area contributed by atoms with Crippen molar-refractivity contribution < 1.29 is 19.4 Å². The second-order valence-corrected chi connectivity index (χ2v) is 2.51. The highest BCUT2D eigenvalue weighted by Gasteiger charge is 2.15. The first kappa shape index (κ1) is 9.60. The minimum Gasteiger partial charge on any atom is -0.481 e. The molecular weight excluding hydrogens is 177 g/mol. The number of halogens is 1. The maximum atomic E-state index is 12.9. The lowest BCUT2D eigenvalue weighted by Gasteiger charge is -2.07. The molecule has 0 aromatic carbocycles. The van der Waals surface area contributed by atoms with Crippen molar-refractivity contribution in [1.29, 1.82) is 0 Å². The van der Waals surface area contributed by atoms with Crippen molar-refractivity contribution in [2.75, 3.05) is 0 Å². The van der Waals surface area contributed by atoms with Crippen LogP contribution in [0.4, 0.5) is 4.39 Å². The lowest BCUT2D eigenvalue weighted by atomic mass is 10.1. The summed E-state index contributed by atoms with van der Waals surface area (Å²) in [6.07, 6.45) is 0.394. The Labute approximate surface area is 73.7 Å². The van der Waals surface area contributed by atoms with E-state index in [9.17, 15) is 14.3 Å². The number of hydrogen-bond acceptors (Lipinski definition) is 3. The van der Waals surface area contributed by atoms with Crippen LogP contribution < -0.4 is 0 Å². The highest BCUT2D eigenvalue weighted by atomic mass is 19.1. The van der Waals surface area contributed by atoms with E-state index in [2.05, 4.69) is 4.98 Å². The third-order valence-corrected chi connectivity index (χ3v) is 1.53. The molecule has 1 rings (SSSR count). The summed E-state index contributed by atoms with van der Waals surface area (Å²) < 4.78 is 12.9. The first-order chi connectivity index (χ1) is 6.11. The van der Waals surface area contributed by atoms with E-state index in [0.717, 1.165) is 6.20 Å². The number of aliphatic hydroxyl groups is 1. The van der Waals surface area contributed by atoms with Gasteiger partial charge in [0.25, 0.3) is 0 Å². The molecule has 0 fully saturated rings. The summed E-state index contributed by atoms with van der Waals surface area (Å²) in [5.41, 5.74) is -0.0441. The molecule has 1 aromatic rings. The molecule has 0 unspecified atom stereocenters. The third kappa shape index (κ3) is 2.48. The number of carboxylic acids is 1. The zero-order chi connectivity index (χ0) is 9.84. The zero-order valence-electron chi connectivity index (χ0n) is 6.64. The van der Waals surface area contributed by atoms with Gasteiger partial charge in [0.2, 0.25) is 0 Å². The van der Waals surface area contributed by atoms with Crippen LogP contribution in [-0.4, -0.2) is 21.2 Å². The molecule has 1 atom stereocenters. The largest absolute Gasteiger partial charge is 0.481 e. The first-order valence-electron chi connectivity index (χ1n) is 3.60. The first-order valence-corrected chi connectivity index (χ1v) is 3.60. The van der Waals surface area contributed by atoms with Crippen LogP contribution in [0.2, 0.25) is 0 Å². The van der Waals surface area contributed by atoms with Crippen molar-refractivity contribution in [2.24, 2.45) is 0 Å². The van der Waals surface area contributed by atoms with Crippen molar-refractivity contribution in [1.82, 2.24) is 4.98 Å². The molecule has 0 amide bonds. The number of aromatic nitrogens is 1. The van der Waals surface area contributed by atoms with E-state index < -0.39 is 24.3 Å². The summed E-state index contributed by atoms with van der Waals surface area (Å²) in [5, 5.41) is 17.6. The Morgan fingerprint density at radius 2 is 2.38 bits per heavy atom. The molecular formula is C8H8FNO3. The summed E-state index contributed by atoms with van der Waals surface area (Å²) in [7, 11) is 0. The quantitative estimate of drug-likeness (QED) is 0.728. The van der Waals surface area contributed by atoms with E-state index in [1.54, 1.807) is 0 Å². The van der Waals surface area contributed by atoms with Crippen LogP contribution in [-0.2, 0) is 4.79 Å². The molecule has 4 nitrogen and oxygen atoms in total. The Hall–Kier alpha value is -1.49. The Kier molecular flexibility index (Phi) is 2.92. The zero-order valence-corrected chi connectivity index (χ0v) is 6.64. The summed E-state index contributed by atoms with van der Waals surface area (Å²) >= 11 is 0. The average molecular weight is 185 g/mol. The van der Waals surface area contributed by atoms with Crippen molar-refractivity contribution in [2.45, 2.75) is 12.5 Å². The van der Waals surface area contributed by atoms with Gasteiger partial charge in [-0.05, 0) is 6.07 Å². The molecule has 0 saturated heterocycles. The molecule has 0 aliphatic rings. The van der Waals surface area contributed by atoms with Crippen molar-refractivity contribution >= 4 is 5.97 Å². The highest BCUT2D eigenvalue weighted by Crippen LogP contribution is 2.18. The van der Waals surface area contributed by atoms with Crippen LogP contribution in [0.25, 0.3) is 0 Å². The van der Waals surface area contributed by atoms with Crippen LogP contribution in [0.3, 0.4) is 0 Å². The Morgan fingerprint density at radius 3 is 2.92 bits per heavy atom. The molecule has 13 heavy (non-hydrogen) atoms. The number of carbonyl (C=O) groups is 1. The fourth-order valence-corrected chi connectivity index (χ4v) is 0.932. The third-order valence-electron chi connectivity index (χ3n) is 1.53. The van der Waals surface area contributed by atoms with E-state index in [0.29, 0.717) is 0 Å². The lowest BCUT2D eigenvalue weighted by molar-refractivity contribution is -0.139. The molecule has 0 aliphatic carbocycles. The fraction of sp³-hybridized carbons (Fsp3) is 0.250. The maximum absolute atomic E-state index is 12.9. The number of aliphatic hydroxyl groups excluding tert-OH is 1. The van der Waals surface area contributed by atoms with Gasteiger partial charge in [-0.3, -0.25) is 9.78 Å². The summed E-state index contributed by atoms with van der Waals surface area (Å²) in [4.78, 5) is 13.7. The molecule has 0 saturated carbocycles. The van der Waals surface area contributed by atoms with Crippen LogP contribution in [0.1, 0.15) is 18.1 Å². The van der Waals surface area contributed by atoms with Gasteiger partial charge in [0.1, 0.15) is 5.82 Å². The number of hydrogen-bond donors (Lipinski definition) is 2. The van der Waals surface area contributed by atoms with E-state index in [-0.39, 0.29) is 5.56 Å². The van der Waals surface area contributed by atoms with Gasteiger partial charge < -0.3 is 10.2 Å². The highest BCUT2D eigenvalue weighted by molar-refractivity contribution is 5.67. The molecule has 70 valence electrons. The Balaban J connectivity index is 2.82. The number of aliphatic carboxylic acids is 1. The van der Waals surface area contributed by atoms with Gasteiger partial charge in [0.15, 0.2) is 0 Å². The normalized spacial score (nSPS) is 12.5. The van der Waals surface area contributed by atoms with Gasteiger partial charge >= 0.3 is 5.97 Å². The SMILES string of the molecule is O=C(O)C[C@H](O)c1ccncc1F. The molecule has 5 heteroatoms. The van der Waals surface area contributed by atoms with Crippen LogP contribution in [0, 0.1) is 5.82 Å². The maximum Gasteiger partial charge on any atom is 0.306 e. The van der Waals surface area contributed by atoms with Crippen molar-refractivity contribution in [3.8, 4) is 0 Å². The minimum atomic E-state index is -1.32. The lowest BCUT2D eigenvalue weighted by Crippen LogP contribution is -2.07. The Bertz CT molecular complexity index is 316. The van der Waals surface area contributed by atoms with E-state index in [4.69, 9.17) is 5.11 Å². The number of carboxylic acid groups (broad SMARTS) is 1. The minimum absolute atomic E-state index is 0.0441. The standard InChI is InChI=1S/C8H8FNO3/c9-6-4-10-2-1-5(6)7(11)3-8(12)13/h1-2,4,7,11H,3H2,(H,12,13)/t7-/m0/s1. The molecule has 2 N–H and O–H groups in total. The molecule has 1 heterocycles. The molecule has 0 spiro atoms. The van der Waals surface area contributed by atoms with Crippen LogP contribution in [0.5, 0.6) is 0 Å². The number of nitrogens with zero attached hydrogens (tertiary/aromatic N) is 1. The Morgan fingerprint density at radius 1 is 1.69 bits per heavy atom. The predicted molar refractivity (Wildman–Crippen MR) is 41.4 cm³/mol. The second-order valence-electron chi connectivity index (χ2n) is 2.51. The van der Waals surface area contributed by atoms with Gasteiger partial charge in [-0.25, -0.2) is 4.39 Å². The molecule has 0 aliphatic heterocycles. The summed E-state index contributed by atoms with van der Waals surface area (Å²) in [5.74, 6) is -1.88. The number of pyridine rings is 1. The monoisotopic (exact) mass is 185 g/mol. The van der Waals surface area contributed by atoms with Crippen LogP contribution in [0.15, 0.2) is 18.5 Å².